The normalized spacial score (nSPS) is 11.0. The molecule has 3 aromatic rings. The molecule has 0 saturated carbocycles. The second-order valence-electron chi connectivity index (χ2n) is 8.00. The van der Waals surface area contributed by atoms with E-state index in [2.05, 4.69) is 36.4 Å². The Bertz CT molecular complexity index is 1030. The lowest BCUT2D eigenvalue weighted by molar-refractivity contribution is 0.102. The van der Waals surface area contributed by atoms with Gasteiger partial charge in [-0.1, -0.05) is 56.7 Å². The van der Waals surface area contributed by atoms with Gasteiger partial charge in [0.25, 0.3) is 11.8 Å². The van der Waals surface area contributed by atoms with Crippen molar-refractivity contribution in [3.63, 3.8) is 0 Å². The quantitative estimate of drug-likeness (QED) is 0.647. The lowest BCUT2D eigenvalue weighted by Gasteiger charge is -2.22. The van der Waals surface area contributed by atoms with Crippen molar-refractivity contribution in [2.24, 2.45) is 0 Å². The summed E-state index contributed by atoms with van der Waals surface area (Å²) in [6.45, 7) is 8.25. The number of carbonyl (C=O) groups is 2. The zero-order valence-corrected chi connectivity index (χ0v) is 17.1. The smallest absolute Gasteiger partial charge is 0.274 e. The van der Waals surface area contributed by atoms with E-state index in [0.717, 1.165) is 16.8 Å². The van der Waals surface area contributed by atoms with Crippen LogP contribution >= 0.6 is 0 Å². The number of amides is 2. The average molecular weight is 387 g/mol. The molecule has 3 rings (SSSR count). The fraction of sp³-hybridized carbons (Fsp3) is 0.208. The van der Waals surface area contributed by atoms with Gasteiger partial charge in [-0.3, -0.25) is 14.6 Å². The lowest BCUT2D eigenvalue weighted by atomic mass is 9.86. The van der Waals surface area contributed by atoms with Crippen LogP contribution in [0.25, 0.3) is 0 Å². The summed E-state index contributed by atoms with van der Waals surface area (Å²) in [6, 6.07) is 18.3. The van der Waals surface area contributed by atoms with Gasteiger partial charge < -0.3 is 10.6 Å². The highest BCUT2D eigenvalue weighted by molar-refractivity contribution is 6.08. The van der Waals surface area contributed by atoms with Crippen molar-refractivity contribution in [1.29, 1.82) is 0 Å². The van der Waals surface area contributed by atoms with Crippen LogP contribution in [0, 0.1) is 6.92 Å². The number of para-hydroxylation sites is 1. The predicted molar refractivity (Wildman–Crippen MR) is 116 cm³/mol. The molecule has 0 radical (unpaired) electrons. The Kier molecular flexibility index (Phi) is 5.78. The van der Waals surface area contributed by atoms with Crippen LogP contribution in [0.15, 0.2) is 66.9 Å². The zero-order chi connectivity index (χ0) is 21.0. The summed E-state index contributed by atoms with van der Waals surface area (Å²) < 4.78 is 0. The van der Waals surface area contributed by atoms with Gasteiger partial charge >= 0.3 is 0 Å². The Morgan fingerprint density at radius 3 is 2.24 bits per heavy atom. The maximum atomic E-state index is 12.8. The number of nitrogens with one attached hydrogen (secondary N) is 2. The van der Waals surface area contributed by atoms with Crippen LogP contribution in [-0.2, 0) is 5.41 Å². The van der Waals surface area contributed by atoms with Crippen LogP contribution < -0.4 is 10.6 Å². The topological polar surface area (TPSA) is 71.1 Å². The molecule has 2 aromatic carbocycles. The molecule has 0 atom stereocenters. The molecule has 0 aliphatic carbocycles. The second-order valence-corrected chi connectivity index (χ2v) is 8.00. The van der Waals surface area contributed by atoms with Crippen molar-refractivity contribution in [3.8, 4) is 0 Å². The molecule has 0 unspecified atom stereocenters. The first-order chi connectivity index (χ1) is 13.7. The van der Waals surface area contributed by atoms with Gasteiger partial charge in [0.1, 0.15) is 5.69 Å². The van der Waals surface area contributed by atoms with Crippen LogP contribution in [0.5, 0.6) is 0 Å². The minimum absolute atomic E-state index is 0.118. The molecule has 29 heavy (non-hydrogen) atoms. The molecule has 0 fully saturated rings. The first-order valence-electron chi connectivity index (χ1n) is 9.49. The van der Waals surface area contributed by atoms with Crippen molar-refractivity contribution in [2.45, 2.75) is 33.1 Å². The van der Waals surface area contributed by atoms with E-state index in [1.165, 1.54) is 12.3 Å². The molecular formula is C24H25N3O2. The number of aromatic nitrogens is 1. The van der Waals surface area contributed by atoms with Crippen LogP contribution in [-0.4, -0.2) is 16.8 Å². The van der Waals surface area contributed by atoms with Gasteiger partial charge in [0.05, 0.1) is 0 Å². The van der Waals surface area contributed by atoms with E-state index < -0.39 is 0 Å². The van der Waals surface area contributed by atoms with Crippen LogP contribution in [0.3, 0.4) is 0 Å². The van der Waals surface area contributed by atoms with Gasteiger partial charge in [0.15, 0.2) is 0 Å². The first-order valence-corrected chi connectivity index (χ1v) is 9.49. The number of hydrogen-bond acceptors (Lipinski definition) is 3. The number of nitrogens with zero attached hydrogens (tertiary/aromatic N) is 1. The number of aryl methyl sites for hydroxylation is 1. The van der Waals surface area contributed by atoms with Crippen molar-refractivity contribution in [2.75, 3.05) is 10.6 Å². The number of pyridine rings is 1. The maximum absolute atomic E-state index is 12.8. The van der Waals surface area contributed by atoms with E-state index in [9.17, 15) is 9.59 Å². The Morgan fingerprint density at radius 2 is 1.55 bits per heavy atom. The molecule has 5 nitrogen and oxygen atoms in total. The summed E-state index contributed by atoms with van der Waals surface area (Å²) >= 11 is 0. The number of anilines is 2. The second kappa shape index (κ2) is 8.27. The van der Waals surface area contributed by atoms with Crippen molar-refractivity contribution in [1.82, 2.24) is 4.98 Å². The van der Waals surface area contributed by atoms with E-state index in [1.54, 1.807) is 6.07 Å². The Labute approximate surface area is 171 Å². The average Bonchev–Trinajstić information content (AvgIpc) is 2.69. The number of benzene rings is 2. The van der Waals surface area contributed by atoms with Gasteiger partial charge in [0.2, 0.25) is 0 Å². The minimum Gasteiger partial charge on any atom is -0.322 e. The summed E-state index contributed by atoms with van der Waals surface area (Å²) in [5.74, 6) is -0.646. The molecule has 1 aromatic heterocycles. The summed E-state index contributed by atoms with van der Waals surface area (Å²) in [5, 5.41) is 5.75. The monoisotopic (exact) mass is 387 g/mol. The van der Waals surface area contributed by atoms with E-state index in [-0.39, 0.29) is 22.9 Å². The summed E-state index contributed by atoms with van der Waals surface area (Å²) in [4.78, 5) is 29.4. The molecule has 5 heteroatoms. The standard InChI is InChI=1S/C24H25N3O2/c1-16-9-11-18(12-10-16)26-22(28)17-13-14-25-21(15-17)23(29)27-20-8-6-5-7-19(20)24(2,3)4/h5-15H,1-4H3,(H,26,28)(H,27,29). The minimum atomic E-state index is -0.355. The molecule has 2 amide bonds. The fourth-order valence-electron chi connectivity index (χ4n) is 2.97. The van der Waals surface area contributed by atoms with Crippen molar-refractivity contribution >= 4 is 23.2 Å². The predicted octanol–water partition coefficient (Wildman–Crippen LogP) is 5.19. The third-order valence-corrected chi connectivity index (χ3v) is 4.55. The fourth-order valence-corrected chi connectivity index (χ4v) is 2.97. The highest BCUT2D eigenvalue weighted by Gasteiger charge is 2.20. The Hall–Kier alpha value is -3.47. The molecule has 2 N–H and O–H groups in total. The highest BCUT2D eigenvalue weighted by atomic mass is 16.2. The lowest BCUT2D eigenvalue weighted by Crippen LogP contribution is -2.20. The van der Waals surface area contributed by atoms with E-state index >= 15 is 0 Å². The van der Waals surface area contributed by atoms with Gasteiger partial charge in [0, 0.05) is 23.1 Å². The van der Waals surface area contributed by atoms with Gasteiger partial charge in [-0.05, 0) is 48.2 Å². The number of carbonyl (C=O) groups excluding carboxylic acids is 2. The number of rotatable bonds is 4. The van der Waals surface area contributed by atoms with E-state index in [0.29, 0.717) is 11.3 Å². The SMILES string of the molecule is Cc1ccc(NC(=O)c2ccnc(C(=O)Nc3ccccc3C(C)(C)C)c2)cc1. The van der Waals surface area contributed by atoms with Crippen LogP contribution in [0.2, 0.25) is 0 Å². The Balaban J connectivity index is 1.78. The molecule has 0 aliphatic rings. The third-order valence-electron chi connectivity index (χ3n) is 4.55. The molecular weight excluding hydrogens is 362 g/mol. The summed E-state index contributed by atoms with van der Waals surface area (Å²) in [6.07, 6.45) is 1.47. The molecule has 0 aliphatic heterocycles. The van der Waals surface area contributed by atoms with Gasteiger partial charge in [-0.15, -0.1) is 0 Å². The molecule has 0 bridgehead atoms. The number of hydrogen-bond donors (Lipinski definition) is 2. The van der Waals surface area contributed by atoms with Crippen molar-refractivity contribution < 1.29 is 9.59 Å². The largest absolute Gasteiger partial charge is 0.322 e. The summed E-state index contributed by atoms with van der Waals surface area (Å²) in [7, 11) is 0. The molecule has 1 heterocycles. The van der Waals surface area contributed by atoms with Crippen LogP contribution in [0.1, 0.15) is 52.7 Å². The third kappa shape index (κ3) is 5.08. The maximum Gasteiger partial charge on any atom is 0.274 e. The van der Waals surface area contributed by atoms with Gasteiger partial charge in [-0.2, -0.15) is 0 Å². The van der Waals surface area contributed by atoms with Crippen LogP contribution in [0.4, 0.5) is 11.4 Å². The van der Waals surface area contributed by atoms with E-state index in [4.69, 9.17) is 0 Å². The molecule has 0 spiro atoms. The van der Waals surface area contributed by atoms with Crippen molar-refractivity contribution in [3.05, 3.63) is 89.2 Å². The first kappa shape index (κ1) is 20.3. The Morgan fingerprint density at radius 1 is 0.862 bits per heavy atom. The zero-order valence-electron chi connectivity index (χ0n) is 17.1. The molecule has 0 saturated heterocycles. The summed E-state index contributed by atoms with van der Waals surface area (Å²) in [5.41, 5.74) is 4.01. The molecule has 148 valence electrons. The van der Waals surface area contributed by atoms with Gasteiger partial charge in [-0.25, -0.2) is 0 Å². The highest BCUT2D eigenvalue weighted by Crippen LogP contribution is 2.29. The van der Waals surface area contributed by atoms with E-state index in [1.807, 2.05) is 55.5 Å².